The van der Waals surface area contributed by atoms with Crippen molar-refractivity contribution in [2.75, 3.05) is 0 Å². The van der Waals surface area contributed by atoms with Gasteiger partial charge in [-0.2, -0.15) is 5.26 Å². The Morgan fingerprint density at radius 2 is 2.22 bits per heavy atom. The fourth-order valence-electron chi connectivity index (χ4n) is 2.46. The minimum Gasteiger partial charge on any atom is -0.480 e. The van der Waals surface area contributed by atoms with Crippen molar-refractivity contribution >= 4 is 32.7 Å². The maximum Gasteiger partial charge on any atom is 0.325 e. The second-order valence-electron chi connectivity index (χ2n) is 5.41. The lowest BCUT2D eigenvalue weighted by atomic mass is 9.81. The topological polar surface area (TPSA) is 105 Å². The number of hydrogen-bond donors (Lipinski definition) is 1. The third kappa shape index (κ3) is 2.80. The maximum absolute atomic E-state index is 12.3. The molecule has 7 nitrogen and oxygen atoms in total. The molecule has 0 aliphatic heterocycles. The second kappa shape index (κ2) is 5.66. The summed E-state index contributed by atoms with van der Waals surface area (Å²) < 4.78 is 7.36. The summed E-state index contributed by atoms with van der Waals surface area (Å²) in [6.07, 6.45) is 2.04. The van der Waals surface area contributed by atoms with Gasteiger partial charge < -0.3 is 9.84 Å². The van der Waals surface area contributed by atoms with E-state index >= 15 is 0 Å². The van der Waals surface area contributed by atoms with E-state index in [9.17, 15) is 14.9 Å². The Balaban J connectivity index is 2.19. The van der Waals surface area contributed by atoms with Gasteiger partial charge in [0.25, 0.3) is 5.56 Å². The molecule has 8 heteroatoms. The molecule has 0 amide bonds. The molecule has 3 rings (SSSR count). The smallest absolute Gasteiger partial charge is 0.325 e. The van der Waals surface area contributed by atoms with Crippen LogP contribution in [-0.4, -0.2) is 26.5 Å². The van der Waals surface area contributed by atoms with Crippen LogP contribution >= 0.6 is 15.9 Å². The fourth-order valence-corrected chi connectivity index (χ4v) is 2.82. The van der Waals surface area contributed by atoms with Crippen molar-refractivity contribution < 1.29 is 14.6 Å². The molecular weight excluding hydrogens is 366 g/mol. The molecule has 1 heterocycles. The molecule has 0 bridgehead atoms. The summed E-state index contributed by atoms with van der Waals surface area (Å²) in [6.45, 7) is -0.569. The first-order chi connectivity index (χ1) is 10.9. The third-order valence-corrected chi connectivity index (χ3v) is 4.32. The monoisotopic (exact) mass is 377 g/mol. The lowest BCUT2D eigenvalue weighted by molar-refractivity contribution is -0.138. The van der Waals surface area contributed by atoms with Crippen molar-refractivity contribution in [3.8, 4) is 11.9 Å². The van der Waals surface area contributed by atoms with E-state index < -0.39 is 23.7 Å². The van der Waals surface area contributed by atoms with Crippen LogP contribution in [0.25, 0.3) is 10.8 Å². The average Bonchev–Trinajstić information content (AvgIpc) is 2.46. The third-order valence-electron chi connectivity index (χ3n) is 3.83. The van der Waals surface area contributed by atoms with Crippen molar-refractivity contribution in [2.24, 2.45) is 0 Å². The highest BCUT2D eigenvalue weighted by Crippen LogP contribution is 2.37. The van der Waals surface area contributed by atoms with E-state index in [1.165, 1.54) is 0 Å². The predicted molar refractivity (Wildman–Crippen MR) is 84.2 cm³/mol. The highest BCUT2D eigenvalue weighted by molar-refractivity contribution is 9.10. The van der Waals surface area contributed by atoms with E-state index in [0.717, 1.165) is 15.6 Å². The molecule has 1 saturated carbocycles. The molecule has 1 fully saturated rings. The highest BCUT2D eigenvalue weighted by Gasteiger charge is 2.40. The van der Waals surface area contributed by atoms with Crippen LogP contribution in [0.3, 0.4) is 0 Å². The van der Waals surface area contributed by atoms with Gasteiger partial charge in [0.15, 0.2) is 5.60 Å². The highest BCUT2D eigenvalue weighted by atomic mass is 79.9. The number of aliphatic carboxylic acids is 1. The van der Waals surface area contributed by atoms with E-state index in [1.54, 1.807) is 18.2 Å². The number of carbonyl (C=O) groups is 1. The number of fused-ring (bicyclic) bond motifs is 1. The molecule has 0 unspecified atom stereocenters. The Bertz CT molecular complexity index is 896. The summed E-state index contributed by atoms with van der Waals surface area (Å²) >= 11 is 3.33. The summed E-state index contributed by atoms with van der Waals surface area (Å²) in [6, 6.07) is 7.07. The Hall–Kier alpha value is -2.40. The summed E-state index contributed by atoms with van der Waals surface area (Å²) in [5, 5.41) is 23.0. The molecule has 23 heavy (non-hydrogen) atoms. The van der Waals surface area contributed by atoms with E-state index in [0.29, 0.717) is 23.6 Å². The van der Waals surface area contributed by atoms with Gasteiger partial charge in [0, 0.05) is 17.3 Å². The van der Waals surface area contributed by atoms with Crippen molar-refractivity contribution in [3.05, 3.63) is 33.0 Å². The van der Waals surface area contributed by atoms with Crippen molar-refractivity contribution in [3.63, 3.8) is 0 Å². The van der Waals surface area contributed by atoms with Crippen LogP contribution < -0.4 is 10.3 Å². The second-order valence-corrected chi connectivity index (χ2v) is 6.33. The fraction of sp³-hybridized carbons (Fsp3) is 0.333. The Morgan fingerprint density at radius 1 is 1.48 bits per heavy atom. The first kappa shape index (κ1) is 15.5. The van der Waals surface area contributed by atoms with Gasteiger partial charge >= 0.3 is 5.97 Å². The van der Waals surface area contributed by atoms with Gasteiger partial charge in [0.2, 0.25) is 5.88 Å². The predicted octanol–water partition coefficient (Wildman–Crippen LogP) is 2.07. The number of benzene rings is 1. The van der Waals surface area contributed by atoms with Crippen LogP contribution in [0.5, 0.6) is 5.88 Å². The quantitative estimate of drug-likeness (QED) is 0.873. The van der Waals surface area contributed by atoms with E-state index in [4.69, 9.17) is 9.84 Å². The largest absolute Gasteiger partial charge is 0.480 e. The standard InChI is InChI=1S/C15H12BrN3O4/c16-9-2-3-10-11(6-9)13(23-15(8-17)4-1-5-15)18-19(14(10)22)7-12(20)21/h2-3,6H,1,4-5,7H2,(H,20,21). The first-order valence-corrected chi connectivity index (χ1v) is 7.76. The number of nitriles is 1. The molecular formula is C15H12BrN3O4. The van der Waals surface area contributed by atoms with Gasteiger partial charge in [-0.25, -0.2) is 4.68 Å². The number of aromatic nitrogens is 2. The number of rotatable bonds is 4. The molecule has 1 aromatic carbocycles. The number of nitrogens with zero attached hydrogens (tertiary/aromatic N) is 3. The lowest BCUT2D eigenvalue weighted by Gasteiger charge is -2.35. The zero-order valence-electron chi connectivity index (χ0n) is 12.0. The molecule has 0 atom stereocenters. The number of carboxylic acids is 1. The number of ether oxygens (including phenoxy) is 1. The van der Waals surface area contributed by atoms with Gasteiger partial charge in [0.05, 0.1) is 10.8 Å². The Morgan fingerprint density at radius 3 is 2.78 bits per heavy atom. The van der Waals surface area contributed by atoms with E-state index in [-0.39, 0.29) is 5.88 Å². The maximum atomic E-state index is 12.3. The molecule has 1 aliphatic rings. The molecule has 1 aromatic heterocycles. The van der Waals surface area contributed by atoms with Crippen molar-refractivity contribution in [1.29, 1.82) is 5.26 Å². The SMILES string of the molecule is N#CC1(Oc2nn(CC(=O)O)c(=O)c3ccc(Br)cc23)CCC1. The summed E-state index contributed by atoms with van der Waals surface area (Å²) in [7, 11) is 0. The summed E-state index contributed by atoms with van der Waals surface area (Å²) in [5.41, 5.74) is -1.46. The molecule has 1 aliphatic carbocycles. The van der Waals surface area contributed by atoms with E-state index in [1.807, 2.05) is 0 Å². The van der Waals surface area contributed by atoms with Gasteiger partial charge in [-0.1, -0.05) is 15.9 Å². The van der Waals surface area contributed by atoms with Crippen LogP contribution in [-0.2, 0) is 11.3 Å². The molecule has 1 N–H and O–H groups in total. The Kier molecular flexibility index (Phi) is 3.82. The van der Waals surface area contributed by atoms with Gasteiger partial charge in [-0.15, -0.1) is 5.10 Å². The van der Waals surface area contributed by atoms with Gasteiger partial charge in [0.1, 0.15) is 12.6 Å². The first-order valence-electron chi connectivity index (χ1n) is 6.96. The lowest BCUT2D eigenvalue weighted by Crippen LogP contribution is -2.42. The minimum atomic E-state index is -1.18. The average molecular weight is 378 g/mol. The van der Waals surface area contributed by atoms with Crippen LogP contribution in [0, 0.1) is 11.3 Å². The van der Waals surface area contributed by atoms with E-state index in [2.05, 4.69) is 27.1 Å². The van der Waals surface area contributed by atoms with Crippen molar-refractivity contribution in [2.45, 2.75) is 31.4 Å². The molecule has 118 valence electrons. The number of hydrogen-bond acceptors (Lipinski definition) is 5. The van der Waals surface area contributed by atoms with Crippen LogP contribution in [0.1, 0.15) is 19.3 Å². The Labute approximate surface area is 139 Å². The van der Waals surface area contributed by atoms with Crippen molar-refractivity contribution in [1.82, 2.24) is 9.78 Å². The normalized spacial score (nSPS) is 15.7. The number of halogens is 1. The molecule has 2 aromatic rings. The van der Waals surface area contributed by atoms with Crippen LogP contribution in [0.4, 0.5) is 0 Å². The van der Waals surface area contributed by atoms with Gasteiger partial charge in [-0.05, 0) is 24.6 Å². The minimum absolute atomic E-state index is 0.100. The van der Waals surface area contributed by atoms with Crippen LogP contribution in [0.2, 0.25) is 0 Å². The zero-order chi connectivity index (χ0) is 16.6. The molecule has 0 radical (unpaired) electrons. The molecule has 0 saturated heterocycles. The van der Waals surface area contributed by atoms with Crippen LogP contribution in [0.15, 0.2) is 27.5 Å². The summed E-state index contributed by atoms with van der Waals surface area (Å²) in [5.74, 6) is -1.08. The number of carboxylic acid groups (broad SMARTS) is 1. The molecule has 0 spiro atoms. The van der Waals surface area contributed by atoms with Gasteiger partial charge in [-0.3, -0.25) is 9.59 Å². The zero-order valence-corrected chi connectivity index (χ0v) is 13.5. The summed E-state index contributed by atoms with van der Waals surface area (Å²) in [4.78, 5) is 23.3.